The van der Waals surface area contributed by atoms with Crippen LogP contribution in [0.1, 0.15) is 5.76 Å². The van der Waals surface area contributed by atoms with Crippen molar-refractivity contribution in [3.8, 4) is 0 Å². The van der Waals surface area contributed by atoms with Gasteiger partial charge in [-0.15, -0.1) is 0 Å². The molecular formula is C6H3F3O2. The zero-order valence-corrected chi connectivity index (χ0v) is 5.18. The summed E-state index contributed by atoms with van der Waals surface area (Å²) in [6, 6.07) is 2.60. The first-order chi connectivity index (χ1) is 5.00. The quantitative estimate of drug-likeness (QED) is 0.583. The van der Waals surface area contributed by atoms with E-state index in [0.717, 1.165) is 12.1 Å². The van der Waals surface area contributed by atoms with E-state index >= 15 is 0 Å². The molecule has 0 unspecified atom stereocenters. The van der Waals surface area contributed by atoms with Crippen molar-refractivity contribution in [3.63, 3.8) is 0 Å². The van der Waals surface area contributed by atoms with Gasteiger partial charge >= 0.3 is 11.8 Å². The van der Waals surface area contributed by atoms with Gasteiger partial charge in [0, 0.05) is 6.07 Å². The predicted octanol–water partition coefficient (Wildman–Crippen LogP) is 1.66. The molecule has 1 aromatic heterocycles. The summed E-state index contributed by atoms with van der Waals surface area (Å²) in [6.45, 7) is 0. The molecule has 2 nitrogen and oxygen atoms in total. The number of rotatable bonds is 0. The SMILES string of the molecule is O=c1cccc(C(F)(F)F)o1. The molecule has 0 saturated heterocycles. The van der Waals surface area contributed by atoms with Gasteiger partial charge in [-0.05, 0) is 6.07 Å². The molecule has 0 bridgehead atoms. The molecule has 0 radical (unpaired) electrons. The van der Waals surface area contributed by atoms with Crippen molar-refractivity contribution >= 4 is 0 Å². The number of hydrogen-bond acceptors (Lipinski definition) is 2. The fourth-order valence-electron chi connectivity index (χ4n) is 0.543. The lowest BCUT2D eigenvalue weighted by Gasteiger charge is -2.01. The Morgan fingerprint density at radius 2 is 1.91 bits per heavy atom. The summed E-state index contributed by atoms with van der Waals surface area (Å²) in [4.78, 5) is 10.3. The van der Waals surface area contributed by atoms with Gasteiger partial charge in [0.1, 0.15) is 0 Å². The Balaban J connectivity index is 3.16. The monoisotopic (exact) mass is 164 g/mol. The maximum absolute atomic E-state index is 11.7. The summed E-state index contributed by atoms with van der Waals surface area (Å²) >= 11 is 0. The standard InChI is InChI=1S/C6H3F3O2/c7-6(8,9)4-2-1-3-5(10)11-4/h1-3H. The molecule has 0 aromatic carbocycles. The minimum atomic E-state index is -4.58. The molecule has 11 heavy (non-hydrogen) atoms. The minimum Gasteiger partial charge on any atom is -0.418 e. The van der Waals surface area contributed by atoms with Crippen LogP contribution in [0, 0.1) is 0 Å². The Hall–Kier alpha value is -1.26. The van der Waals surface area contributed by atoms with Crippen molar-refractivity contribution in [2.45, 2.75) is 6.18 Å². The highest BCUT2D eigenvalue weighted by atomic mass is 19.4. The minimum absolute atomic E-state index is 0.696. The lowest BCUT2D eigenvalue weighted by atomic mass is 10.4. The van der Waals surface area contributed by atoms with Crippen molar-refractivity contribution in [1.82, 2.24) is 0 Å². The summed E-state index contributed by atoms with van der Waals surface area (Å²) in [7, 11) is 0. The summed E-state index contributed by atoms with van der Waals surface area (Å²) in [5, 5.41) is 0. The number of alkyl halides is 3. The van der Waals surface area contributed by atoms with Gasteiger partial charge in [0.15, 0.2) is 0 Å². The van der Waals surface area contributed by atoms with Crippen LogP contribution in [0.3, 0.4) is 0 Å². The average molecular weight is 164 g/mol. The highest BCUT2D eigenvalue weighted by Crippen LogP contribution is 2.27. The zero-order valence-electron chi connectivity index (χ0n) is 5.18. The van der Waals surface area contributed by atoms with Crippen LogP contribution in [0.5, 0.6) is 0 Å². The second-order valence-electron chi connectivity index (χ2n) is 1.81. The highest BCUT2D eigenvalue weighted by molar-refractivity contribution is 5.02. The van der Waals surface area contributed by atoms with Crippen LogP contribution in [0.4, 0.5) is 13.2 Å². The second-order valence-corrected chi connectivity index (χ2v) is 1.81. The fourth-order valence-corrected chi connectivity index (χ4v) is 0.543. The molecule has 60 valence electrons. The van der Waals surface area contributed by atoms with Crippen LogP contribution in [0.25, 0.3) is 0 Å². The third-order valence-corrected chi connectivity index (χ3v) is 0.970. The van der Waals surface area contributed by atoms with Gasteiger partial charge < -0.3 is 4.42 Å². The summed E-state index contributed by atoms with van der Waals surface area (Å²) in [5.41, 5.74) is -1.00. The van der Waals surface area contributed by atoms with E-state index in [-0.39, 0.29) is 0 Å². The topological polar surface area (TPSA) is 30.2 Å². The summed E-state index contributed by atoms with van der Waals surface area (Å²) < 4.78 is 39.1. The van der Waals surface area contributed by atoms with Gasteiger partial charge in [0.05, 0.1) is 0 Å². The van der Waals surface area contributed by atoms with E-state index in [0.29, 0.717) is 6.07 Å². The fraction of sp³-hybridized carbons (Fsp3) is 0.167. The molecule has 0 amide bonds. The molecule has 0 atom stereocenters. The largest absolute Gasteiger partial charge is 0.449 e. The maximum Gasteiger partial charge on any atom is 0.449 e. The van der Waals surface area contributed by atoms with Gasteiger partial charge in [-0.3, -0.25) is 0 Å². The van der Waals surface area contributed by atoms with E-state index in [1.54, 1.807) is 0 Å². The Morgan fingerprint density at radius 1 is 1.27 bits per heavy atom. The summed E-state index contributed by atoms with van der Waals surface area (Å²) in [5.74, 6) is -1.27. The van der Waals surface area contributed by atoms with Crippen molar-refractivity contribution < 1.29 is 17.6 Å². The highest BCUT2D eigenvalue weighted by Gasteiger charge is 2.33. The Morgan fingerprint density at radius 3 is 2.27 bits per heavy atom. The van der Waals surface area contributed by atoms with Crippen molar-refractivity contribution in [2.24, 2.45) is 0 Å². The van der Waals surface area contributed by atoms with Crippen LogP contribution in [0.2, 0.25) is 0 Å². The zero-order chi connectivity index (χ0) is 8.48. The first-order valence-corrected chi connectivity index (χ1v) is 2.67. The molecule has 0 saturated carbocycles. The van der Waals surface area contributed by atoms with E-state index in [2.05, 4.69) is 4.42 Å². The van der Waals surface area contributed by atoms with Crippen molar-refractivity contribution in [2.75, 3.05) is 0 Å². The van der Waals surface area contributed by atoms with Crippen LogP contribution < -0.4 is 5.63 Å². The van der Waals surface area contributed by atoms with Gasteiger partial charge in [0.25, 0.3) is 0 Å². The van der Waals surface area contributed by atoms with Crippen molar-refractivity contribution in [1.29, 1.82) is 0 Å². The molecule has 1 rings (SSSR count). The van der Waals surface area contributed by atoms with E-state index in [1.807, 2.05) is 0 Å². The number of hydrogen-bond donors (Lipinski definition) is 0. The molecule has 1 heterocycles. The molecule has 0 aliphatic heterocycles. The van der Waals surface area contributed by atoms with Gasteiger partial charge in [-0.2, -0.15) is 13.2 Å². The molecule has 0 N–H and O–H groups in total. The first-order valence-electron chi connectivity index (χ1n) is 2.67. The van der Waals surface area contributed by atoms with Crippen LogP contribution in [-0.4, -0.2) is 0 Å². The number of halogens is 3. The maximum atomic E-state index is 11.7. The normalized spacial score (nSPS) is 11.5. The van der Waals surface area contributed by atoms with Gasteiger partial charge in [0.2, 0.25) is 5.76 Å². The second kappa shape index (κ2) is 2.41. The average Bonchev–Trinajstić information content (AvgIpc) is 1.86. The molecular weight excluding hydrogens is 161 g/mol. The molecule has 0 aliphatic rings. The van der Waals surface area contributed by atoms with Gasteiger partial charge in [-0.25, -0.2) is 4.79 Å². The Labute approximate surface area is 59.3 Å². The van der Waals surface area contributed by atoms with Crippen molar-refractivity contribution in [3.05, 3.63) is 34.4 Å². The van der Waals surface area contributed by atoms with E-state index in [4.69, 9.17) is 0 Å². The molecule has 0 fully saturated rings. The third-order valence-electron chi connectivity index (χ3n) is 0.970. The molecule has 5 heteroatoms. The summed E-state index contributed by atoms with van der Waals surface area (Å²) in [6.07, 6.45) is -4.58. The molecule has 1 aromatic rings. The lowest BCUT2D eigenvalue weighted by molar-refractivity contribution is -0.154. The molecule has 0 aliphatic carbocycles. The van der Waals surface area contributed by atoms with Gasteiger partial charge in [-0.1, -0.05) is 6.07 Å². The lowest BCUT2D eigenvalue weighted by Crippen LogP contribution is -2.08. The Bertz CT molecular complexity index is 299. The Kier molecular flexibility index (Phi) is 1.72. The molecule has 0 spiro atoms. The third kappa shape index (κ3) is 1.83. The van der Waals surface area contributed by atoms with E-state index < -0.39 is 17.6 Å². The van der Waals surface area contributed by atoms with Crippen LogP contribution in [0.15, 0.2) is 27.4 Å². The van der Waals surface area contributed by atoms with E-state index in [1.165, 1.54) is 0 Å². The van der Waals surface area contributed by atoms with E-state index in [9.17, 15) is 18.0 Å². The predicted molar refractivity (Wildman–Crippen MR) is 30.0 cm³/mol. The van der Waals surface area contributed by atoms with Crippen LogP contribution >= 0.6 is 0 Å². The first kappa shape index (κ1) is 7.84. The smallest absolute Gasteiger partial charge is 0.418 e. The van der Waals surface area contributed by atoms with Crippen LogP contribution in [-0.2, 0) is 6.18 Å².